The van der Waals surface area contributed by atoms with Gasteiger partial charge in [-0.05, 0) is 68.5 Å². The van der Waals surface area contributed by atoms with Gasteiger partial charge in [0.1, 0.15) is 0 Å². The monoisotopic (exact) mass is 352 g/mol. The first-order chi connectivity index (χ1) is 12.6. The van der Waals surface area contributed by atoms with Crippen LogP contribution in [-0.4, -0.2) is 51.2 Å². The highest BCUT2D eigenvalue weighted by Gasteiger charge is 2.31. The molecule has 0 saturated carbocycles. The van der Waals surface area contributed by atoms with E-state index in [2.05, 4.69) is 40.9 Å². The topological polar surface area (TPSA) is 41.4 Å². The molecule has 2 aliphatic heterocycles. The van der Waals surface area contributed by atoms with Crippen molar-refractivity contribution in [2.24, 2.45) is 0 Å². The van der Waals surface area contributed by atoms with Gasteiger partial charge in [0.2, 0.25) is 5.91 Å². The van der Waals surface area contributed by atoms with Crippen LogP contribution in [0.3, 0.4) is 0 Å². The van der Waals surface area contributed by atoms with Crippen LogP contribution >= 0.6 is 0 Å². The molecule has 0 unspecified atom stereocenters. The van der Waals surface area contributed by atoms with Crippen molar-refractivity contribution in [2.45, 2.75) is 52.1 Å². The third-order valence-corrected chi connectivity index (χ3v) is 5.76. The average molecular weight is 352 g/mol. The Hall–Kier alpha value is -2.14. The molecule has 2 aromatic rings. The maximum absolute atomic E-state index is 12.1. The molecule has 1 amide bonds. The van der Waals surface area contributed by atoms with E-state index in [0.29, 0.717) is 11.9 Å². The molecule has 2 fully saturated rings. The number of piperidine rings is 1. The Morgan fingerprint density at radius 2 is 2.08 bits per heavy atom. The second-order valence-electron chi connectivity index (χ2n) is 7.75. The number of likely N-dealkylation sites (tertiary alicyclic amines) is 2. The molecule has 0 radical (unpaired) electrons. The fourth-order valence-electron chi connectivity index (χ4n) is 4.50. The number of benzene rings is 1. The van der Waals surface area contributed by atoms with Gasteiger partial charge in [-0.3, -0.25) is 9.69 Å². The van der Waals surface area contributed by atoms with E-state index in [4.69, 9.17) is 0 Å². The predicted molar refractivity (Wildman–Crippen MR) is 102 cm³/mol. The summed E-state index contributed by atoms with van der Waals surface area (Å²) in [5, 5.41) is 4.46. The molecule has 3 heterocycles. The Morgan fingerprint density at radius 1 is 1.19 bits per heavy atom. The van der Waals surface area contributed by atoms with Crippen molar-refractivity contribution in [1.82, 2.24) is 19.6 Å². The maximum Gasteiger partial charge on any atom is 0.222 e. The Kier molecular flexibility index (Phi) is 4.81. The molecule has 5 heteroatoms. The summed E-state index contributed by atoms with van der Waals surface area (Å²) in [7, 11) is 0. The number of aryl methyl sites for hydroxylation is 2. The lowest BCUT2D eigenvalue weighted by atomic mass is 9.99. The van der Waals surface area contributed by atoms with Gasteiger partial charge in [0.15, 0.2) is 0 Å². The molecular formula is C21H28N4O. The van der Waals surface area contributed by atoms with Crippen molar-refractivity contribution >= 4 is 5.91 Å². The first kappa shape index (κ1) is 17.3. The van der Waals surface area contributed by atoms with Crippen molar-refractivity contribution in [1.29, 1.82) is 0 Å². The molecule has 2 aliphatic rings. The van der Waals surface area contributed by atoms with E-state index in [-0.39, 0.29) is 0 Å². The van der Waals surface area contributed by atoms with Crippen LogP contribution in [0.15, 0.2) is 30.6 Å². The third kappa shape index (κ3) is 3.40. The smallest absolute Gasteiger partial charge is 0.222 e. The molecule has 4 rings (SSSR count). The Labute approximate surface area is 155 Å². The number of aromatic nitrogens is 2. The fourth-order valence-corrected chi connectivity index (χ4v) is 4.50. The molecule has 0 bridgehead atoms. The standard InChI is InChI=1S/C21H28N4O/c1-16-12-17(2)19(20(13-16)25-11-5-8-22-25)15-23-9-3-6-18(14-23)24-10-4-7-21(24)26/h5,8,11-13,18H,3-4,6-7,9-10,14-15H2,1-2H3/t18-/m1/s1. The zero-order valence-electron chi connectivity index (χ0n) is 15.8. The van der Waals surface area contributed by atoms with E-state index < -0.39 is 0 Å². The lowest BCUT2D eigenvalue weighted by Crippen LogP contribution is -2.48. The minimum absolute atomic E-state index is 0.348. The number of hydrogen-bond acceptors (Lipinski definition) is 3. The molecule has 1 atom stereocenters. The summed E-state index contributed by atoms with van der Waals surface area (Å²) in [6, 6.07) is 6.84. The second kappa shape index (κ2) is 7.23. The predicted octanol–water partition coefficient (Wildman–Crippen LogP) is 3.08. The third-order valence-electron chi connectivity index (χ3n) is 5.76. The number of rotatable bonds is 4. The number of carbonyl (C=O) groups is 1. The van der Waals surface area contributed by atoms with Crippen molar-refractivity contribution in [2.75, 3.05) is 19.6 Å². The van der Waals surface area contributed by atoms with Gasteiger partial charge in [-0.15, -0.1) is 0 Å². The summed E-state index contributed by atoms with van der Waals surface area (Å²) in [6.45, 7) is 8.28. The molecule has 1 aromatic carbocycles. The normalized spacial score (nSPS) is 21.5. The van der Waals surface area contributed by atoms with Gasteiger partial charge in [-0.1, -0.05) is 6.07 Å². The van der Waals surface area contributed by atoms with Gasteiger partial charge in [0.25, 0.3) is 0 Å². The molecule has 1 aromatic heterocycles. The molecule has 0 spiro atoms. The number of nitrogens with zero attached hydrogens (tertiary/aromatic N) is 4. The van der Waals surface area contributed by atoms with E-state index in [1.54, 1.807) is 0 Å². The molecule has 138 valence electrons. The van der Waals surface area contributed by atoms with Gasteiger partial charge < -0.3 is 4.90 Å². The van der Waals surface area contributed by atoms with Gasteiger partial charge in [-0.2, -0.15) is 5.10 Å². The molecular weight excluding hydrogens is 324 g/mol. The Balaban J connectivity index is 1.56. The van der Waals surface area contributed by atoms with Crippen molar-refractivity contribution in [3.8, 4) is 5.69 Å². The van der Waals surface area contributed by atoms with Crippen LogP contribution in [-0.2, 0) is 11.3 Å². The molecule has 2 saturated heterocycles. The van der Waals surface area contributed by atoms with Gasteiger partial charge in [-0.25, -0.2) is 4.68 Å². The van der Waals surface area contributed by atoms with Crippen LogP contribution in [0.4, 0.5) is 0 Å². The average Bonchev–Trinajstić information content (AvgIpc) is 3.29. The number of carbonyl (C=O) groups excluding carboxylic acids is 1. The van der Waals surface area contributed by atoms with E-state index in [9.17, 15) is 4.79 Å². The first-order valence-electron chi connectivity index (χ1n) is 9.74. The van der Waals surface area contributed by atoms with Crippen LogP contribution in [0, 0.1) is 13.8 Å². The highest BCUT2D eigenvalue weighted by atomic mass is 16.2. The minimum atomic E-state index is 0.348. The highest BCUT2D eigenvalue weighted by molar-refractivity contribution is 5.78. The number of hydrogen-bond donors (Lipinski definition) is 0. The van der Waals surface area contributed by atoms with Crippen LogP contribution in [0.25, 0.3) is 5.69 Å². The first-order valence-corrected chi connectivity index (χ1v) is 9.74. The summed E-state index contributed by atoms with van der Waals surface area (Å²) < 4.78 is 1.97. The molecule has 0 N–H and O–H groups in total. The van der Waals surface area contributed by atoms with Crippen LogP contribution in [0.1, 0.15) is 42.4 Å². The summed E-state index contributed by atoms with van der Waals surface area (Å²) in [5.74, 6) is 0.348. The van der Waals surface area contributed by atoms with Crippen LogP contribution in [0.2, 0.25) is 0 Å². The van der Waals surface area contributed by atoms with E-state index in [0.717, 1.165) is 51.9 Å². The highest BCUT2D eigenvalue weighted by Crippen LogP contribution is 2.26. The summed E-state index contributed by atoms with van der Waals surface area (Å²) in [6.07, 6.45) is 7.90. The van der Waals surface area contributed by atoms with E-state index in [1.165, 1.54) is 22.4 Å². The van der Waals surface area contributed by atoms with E-state index >= 15 is 0 Å². The lowest BCUT2D eigenvalue weighted by Gasteiger charge is -2.38. The largest absolute Gasteiger partial charge is 0.338 e. The van der Waals surface area contributed by atoms with Crippen LogP contribution < -0.4 is 0 Å². The maximum atomic E-state index is 12.1. The zero-order chi connectivity index (χ0) is 18.1. The Morgan fingerprint density at radius 3 is 2.81 bits per heavy atom. The summed E-state index contributed by atoms with van der Waals surface area (Å²) in [4.78, 5) is 16.8. The summed E-state index contributed by atoms with van der Waals surface area (Å²) in [5.41, 5.74) is 5.09. The van der Waals surface area contributed by atoms with Crippen LogP contribution in [0.5, 0.6) is 0 Å². The van der Waals surface area contributed by atoms with Gasteiger partial charge >= 0.3 is 0 Å². The van der Waals surface area contributed by atoms with Gasteiger partial charge in [0, 0.05) is 44.5 Å². The molecule has 5 nitrogen and oxygen atoms in total. The number of amides is 1. The molecule has 0 aliphatic carbocycles. The van der Waals surface area contributed by atoms with Crippen molar-refractivity contribution in [3.05, 3.63) is 47.3 Å². The van der Waals surface area contributed by atoms with E-state index in [1.807, 2.05) is 23.1 Å². The van der Waals surface area contributed by atoms with Crippen molar-refractivity contribution < 1.29 is 4.79 Å². The Bertz CT molecular complexity index is 784. The molecule has 26 heavy (non-hydrogen) atoms. The fraction of sp³-hybridized carbons (Fsp3) is 0.524. The van der Waals surface area contributed by atoms with Crippen molar-refractivity contribution in [3.63, 3.8) is 0 Å². The van der Waals surface area contributed by atoms with Gasteiger partial charge in [0.05, 0.1) is 5.69 Å². The minimum Gasteiger partial charge on any atom is -0.338 e. The second-order valence-corrected chi connectivity index (χ2v) is 7.75. The quantitative estimate of drug-likeness (QED) is 0.849. The SMILES string of the molecule is Cc1cc(C)c(CN2CCC[C@@H](N3CCCC3=O)C2)c(-n2cccn2)c1. The zero-order valence-corrected chi connectivity index (χ0v) is 15.8. The summed E-state index contributed by atoms with van der Waals surface area (Å²) >= 11 is 0. The lowest BCUT2D eigenvalue weighted by molar-refractivity contribution is -0.130.